The van der Waals surface area contributed by atoms with E-state index in [9.17, 15) is 9.59 Å². The zero-order valence-electron chi connectivity index (χ0n) is 8.99. The Morgan fingerprint density at radius 2 is 2.20 bits per heavy atom. The fourth-order valence-electron chi connectivity index (χ4n) is 1.39. The van der Waals surface area contributed by atoms with E-state index in [1.807, 2.05) is 0 Å². The first-order valence-electron chi connectivity index (χ1n) is 5.35. The van der Waals surface area contributed by atoms with Crippen LogP contribution >= 0.6 is 0 Å². The number of nitrogens with one attached hydrogen (secondary N) is 1. The average Bonchev–Trinajstić information content (AvgIpc) is 2.14. The van der Waals surface area contributed by atoms with Crippen molar-refractivity contribution in [3.8, 4) is 0 Å². The van der Waals surface area contributed by atoms with E-state index in [0.29, 0.717) is 12.5 Å². The van der Waals surface area contributed by atoms with Crippen LogP contribution in [0, 0.1) is 5.92 Å². The highest BCUT2D eigenvalue weighted by molar-refractivity contribution is 6.01. The molecule has 0 aromatic rings. The van der Waals surface area contributed by atoms with Gasteiger partial charge in [-0.3, -0.25) is 4.79 Å². The van der Waals surface area contributed by atoms with E-state index in [2.05, 4.69) is 10.1 Å². The molecule has 15 heavy (non-hydrogen) atoms. The number of carbonyl (C=O) groups excluding carboxylic acids is 2. The summed E-state index contributed by atoms with van der Waals surface area (Å²) < 4.78 is 4.65. The van der Waals surface area contributed by atoms with Crippen molar-refractivity contribution in [1.82, 2.24) is 5.32 Å². The van der Waals surface area contributed by atoms with Crippen LogP contribution in [-0.2, 0) is 14.3 Å². The predicted molar refractivity (Wildman–Crippen MR) is 55.0 cm³/mol. The maximum atomic E-state index is 11.4. The first-order valence-corrected chi connectivity index (χ1v) is 5.35. The highest BCUT2D eigenvalue weighted by Crippen LogP contribution is 2.25. The number of hydrogen-bond donors (Lipinski definition) is 2. The Morgan fingerprint density at radius 3 is 2.67 bits per heavy atom. The molecule has 1 amide bonds. The standard InChI is InChI=1S/C10H18N2O3/c1-2-15-10(14)8(11)9(13)12-6-7-4-3-5-7/h7-8H,2-6,11H2,1H3,(H,12,13). The van der Waals surface area contributed by atoms with Crippen LogP contribution in [0.25, 0.3) is 0 Å². The van der Waals surface area contributed by atoms with E-state index in [0.717, 1.165) is 12.8 Å². The van der Waals surface area contributed by atoms with Gasteiger partial charge in [-0.2, -0.15) is 0 Å². The van der Waals surface area contributed by atoms with Gasteiger partial charge in [0.15, 0.2) is 6.04 Å². The summed E-state index contributed by atoms with van der Waals surface area (Å²) in [5, 5.41) is 2.66. The van der Waals surface area contributed by atoms with Crippen LogP contribution in [-0.4, -0.2) is 31.1 Å². The summed E-state index contributed by atoms with van der Waals surface area (Å²) in [7, 11) is 0. The molecule has 0 aromatic heterocycles. The Morgan fingerprint density at radius 1 is 1.53 bits per heavy atom. The third kappa shape index (κ3) is 3.51. The molecular formula is C10H18N2O3. The van der Waals surface area contributed by atoms with Crippen LogP contribution < -0.4 is 11.1 Å². The van der Waals surface area contributed by atoms with Crippen molar-refractivity contribution in [2.45, 2.75) is 32.2 Å². The maximum Gasteiger partial charge on any atom is 0.332 e. The van der Waals surface area contributed by atoms with Crippen molar-refractivity contribution in [3.05, 3.63) is 0 Å². The lowest BCUT2D eigenvalue weighted by atomic mass is 9.85. The van der Waals surface area contributed by atoms with E-state index in [4.69, 9.17) is 5.73 Å². The molecule has 0 bridgehead atoms. The second-order valence-corrected chi connectivity index (χ2v) is 3.77. The zero-order chi connectivity index (χ0) is 11.3. The van der Waals surface area contributed by atoms with Gasteiger partial charge in [-0.1, -0.05) is 6.42 Å². The molecule has 0 heterocycles. The number of carbonyl (C=O) groups is 2. The molecule has 0 radical (unpaired) electrons. The molecule has 1 aliphatic rings. The summed E-state index contributed by atoms with van der Waals surface area (Å²) >= 11 is 0. The first-order chi connectivity index (χ1) is 7.15. The summed E-state index contributed by atoms with van der Waals surface area (Å²) in [6.07, 6.45) is 3.52. The molecule has 1 atom stereocenters. The monoisotopic (exact) mass is 214 g/mol. The summed E-state index contributed by atoms with van der Waals surface area (Å²) in [4.78, 5) is 22.5. The smallest absolute Gasteiger partial charge is 0.332 e. The number of amides is 1. The van der Waals surface area contributed by atoms with Crippen molar-refractivity contribution < 1.29 is 14.3 Å². The molecule has 0 saturated heterocycles. The number of ether oxygens (including phenoxy) is 1. The van der Waals surface area contributed by atoms with Crippen LogP contribution in [0.2, 0.25) is 0 Å². The van der Waals surface area contributed by atoms with E-state index < -0.39 is 17.9 Å². The Balaban J connectivity index is 2.22. The van der Waals surface area contributed by atoms with E-state index in [-0.39, 0.29) is 6.61 Å². The number of rotatable bonds is 5. The SMILES string of the molecule is CCOC(=O)C(N)C(=O)NCC1CCC1. The van der Waals surface area contributed by atoms with Crippen LogP contribution in [0.4, 0.5) is 0 Å². The van der Waals surface area contributed by atoms with Crippen molar-refractivity contribution in [3.63, 3.8) is 0 Å². The van der Waals surface area contributed by atoms with Crippen LogP contribution in [0.1, 0.15) is 26.2 Å². The molecular weight excluding hydrogens is 196 g/mol. The third-order valence-electron chi connectivity index (χ3n) is 2.61. The minimum atomic E-state index is -1.19. The van der Waals surface area contributed by atoms with Crippen molar-refractivity contribution >= 4 is 11.9 Å². The number of hydrogen-bond acceptors (Lipinski definition) is 4. The van der Waals surface area contributed by atoms with Crippen LogP contribution in [0.3, 0.4) is 0 Å². The minimum absolute atomic E-state index is 0.239. The summed E-state index contributed by atoms with van der Waals surface area (Å²) in [6.45, 7) is 2.53. The van der Waals surface area contributed by atoms with Crippen molar-refractivity contribution in [1.29, 1.82) is 0 Å². The van der Waals surface area contributed by atoms with Crippen molar-refractivity contribution in [2.24, 2.45) is 11.7 Å². The highest BCUT2D eigenvalue weighted by Gasteiger charge is 2.25. The van der Waals surface area contributed by atoms with Gasteiger partial charge >= 0.3 is 5.97 Å². The molecule has 1 fully saturated rings. The Hall–Kier alpha value is -1.10. The lowest BCUT2D eigenvalue weighted by Gasteiger charge is -2.25. The molecule has 0 aliphatic heterocycles. The summed E-state index contributed by atoms with van der Waals surface area (Å²) in [5.41, 5.74) is 5.41. The Kier molecular flexibility index (Phi) is 4.55. The highest BCUT2D eigenvalue weighted by atomic mass is 16.5. The molecule has 1 rings (SSSR count). The number of nitrogens with two attached hydrogens (primary N) is 1. The van der Waals surface area contributed by atoms with Gasteiger partial charge in [0.1, 0.15) is 0 Å². The van der Waals surface area contributed by atoms with Gasteiger partial charge < -0.3 is 15.8 Å². The van der Waals surface area contributed by atoms with Gasteiger partial charge in [0, 0.05) is 6.54 Å². The van der Waals surface area contributed by atoms with E-state index in [1.165, 1.54) is 6.42 Å². The molecule has 1 unspecified atom stereocenters. The summed E-state index contributed by atoms with van der Waals surface area (Å²) in [6, 6.07) is -1.19. The lowest BCUT2D eigenvalue weighted by Crippen LogP contribution is -2.48. The average molecular weight is 214 g/mol. The quantitative estimate of drug-likeness (QED) is 0.490. The van der Waals surface area contributed by atoms with Crippen molar-refractivity contribution in [2.75, 3.05) is 13.2 Å². The third-order valence-corrected chi connectivity index (χ3v) is 2.61. The van der Waals surface area contributed by atoms with Crippen LogP contribution in [0.15, 0.2) is 0 Å². The van der Waals surface area contributed by atoms with Gasteiger partial charge in [0.25, 0.3) is 0 Å². The molecule has 1 aliphatic carbocycles. The molecule has 86 valence electrons. The van der Waals surface area contributed by atoms with Crippen LogP contribution in [0.5, 0.6) is 0 Å². The van der Waals surface area contributed by atoms with Gasteiger partial charge in [-0.15, -0.1) is 0 Å². The van der Waals surface area contributed by atoms with Gasteiger partial charge in [0.05, 0.1) is 6.61 Å². The molecule has 1 saturated carbocycles. The lowest BCUT2D eigenvalue weighted by molar-refractivity contribution is -0.148. The first kappa shape index (κ1) is 12.0. The molecule has 0 spiro atoms. The second kappa shape index (κ2) is 5.70. The zero-order valence-corrected chi connectivity index (χ0v) is 8.99. The van der Waals surface area contributed by atoms with E-state index >= 15 is 0 Å². The molecule has 5 heteroatoms. The van der Waals surface area contributed by atoms with Gasteiger partial charge in [-0.05, 0) is 25.7 Å². The largest absolute Gasteiger partial charge is 0.464 e. The Bertz CT molecular complexity index is 239. The predicted octanol–water partition coefficient (Wildman–Crippen LogP) is -0.207. The van der Waals surface area contributed by atoms with Gasteiger partial charge in [-0.25, -0.2) is 4.79 Å². The molecule has 0 aromatic carbocycles. The van der Waals surface area contributed by atoms with Gasteiger partial charge in [0.2, 0.25) is 5.91 Å². The normalized spacial score (nSPS) is 17.7. The molecule has 5 nitrogen and oxygen atoms in total. The topological polar surface area (TPSA) is 81.4 Å². The van der Waals surface area contributed by atoms with E-state index in [1.54, 1.807) is 6.92 Å². The molecule has 3 N–H and O–H groups in total. The second-order valence-electron chi connectivity index (χ2n) is 3.77. The maximum absolute atomic E-state index is 11.4. The summed E-state index contributed by atoms with van der Waals surface area (Å²) in [5.74, 6) is -0.549. The fraction of sp³-hybridized carbons (Fsp3) is 0.800. The minimum Gasteiger partial charge on any atom is -0.464 e. The number of esters is 1. The Labute approximate surface area is 89.3 Å². The fourth-order valence-corrected chi connectivity index (χ4v) is 1.39.